The molecule has 5 heteroatoms. The molecule has 2 rings (SSSR count). The van der Waals surface area contributed by atoms with E-state index in [1.807, 2.05) is 0 Å². The van der Waals surface area contributed by atoms with E-state index >= 15 is 0 Å². The predicted molar refractivity (Wildman–Crippen MR) is 70.0 cm³/mol. The number of hydrogen-bond donors (Lipinski definition) is 1. The van der Waals surface area contributed by atoms with Crippen LogP contribution in [0.25, 0.3) is 0 Å². The van der Waals surface area contributed by atoms with Gasteiger partial charge in [-0.15, -0.1) is 0 Å². The van der Waals surface area contributed by atoms with Crippen LogP contribution in [-0.4, -0.2) is 0 Å². The zero-order valence-corrected chi connectivity index (χ0v) is 10.8. The molecular formula is C14H12ClF2NO. The van der Waals surface area contributed by atoms with E-state index in [1.54, 1.807) is 12.1 Å². The highest BCUT2D eigenvalue weighted by Crippen LogP contribution is 2.22. The maximum Gasteiger partial charge on any atom is 0.142 e. The second-order valence-corrected chi connectivity index (χ2v) is 4.40. The topological polar surface area (TPSA) is 35.2 Å². The monoisotopic (exact) mass is 283 g/mol. The first-order valence-corrected chi connectivity index (χ1v) is 6.03. The number of ether oxygens (including phenoxy) is 1. The summed E-state index contributed by atoms with van der Waals surface area (Å²) in [6.45, 7) is 0.358. The molecule has 0 aliphatic rings. The number of rotatable bonds is 4. The molecule has 2 aromatic carbocycles. The molecule has 0 aromatic heterocycles. The first-order valence-electron chi connectivity index (χ1n) is 5.65. The third-order valence-corrected chi connectivity index (χ3v) is 2.92. The van der Waals surface area contributed by atoms with Crippen molar-refractivity contribution in [2.45, 2.75) is 13.2 Å². The first-order chi connectivity index (χ1) is 9.10. The SMILES string of the molecule is NCc1ccc(F)c(COc2ccc(F)c(Cl)c2)c1. The molecule has 0 heterocycles. The van der Waals surface area contributed by atoms with Gasteiger partial charge in [-0.3, -0.25) is 0 Å². The van der Waals surface area contributed by atoms with Gasteiger partial charge in [0.1, 0.15) is 24.0 Å². The minimum absolute atomic E-state index is 0.0294. The summed E-state index contributed by atoms with van der Waals surface area (Å²) in [7, 11) is 0. The summed E-state index contributed by atoms with van der Waals surface area (Å²) in [5.41, 5.74) is 6.70. The Kier molecular flexibility index (Phi) is 4.35. The lowest BCUT2D eigenvalue weighted by Gasteiger charge is -2.09. The molecule has 2 N–H and O–H groups in total. The van der Waals surface area contributed by atoms with E-state index in [0.29, 0.717) is 17.9 Å². The standard InChI is InChI=1S/C14H12ClF2NO/c15-12-6-11(2-4-14(12)17)19-8-10-5-9(7-18)1-3-13(10)16/h1-6H,7-8,18H2. The van der Waals surface area contributed by atoms with Crippen molar-refractivity contribution in [3.05, 3.63) is 64.2 Å². The quantitative estimate of drug-likeness (QED) is 0.929. The lowest BCUT2D eigenvalue weighted by molar-refractivity contribution is 0.299. The summed E-state index contributed by atoms with van der Waals surface area (Å²) in [4.78, 5) is 0. The minimum atomic E-state index is -0.523. The number of benzene rings is 2. The van der Waals surface area contributed by atoms with Crippen molar-refractivity contribution >= 4 is 11.6 Å². The van der Waals surface area contributed by atoms with Gasteiger partial charge in [0.15, 0.2) is 0 Å². The van der Waals surface area contributed by atoms with Gasteiger partial charge in [-0.1, -0.05) is 17.7 Å². The Labute approximate surface area is 114 Å². The van der Waals surface area contributed by atoms with Crippen molar-refractivity contribution in [3.63, 3.8) is 0 Å². The first kappa shape index (κ1) is 13.8. The lowest BCUT2D eigenvalue weighted by atomic mass is 10.1. The number of hydrogen-bond acceptors (Lipinski definition) is 2. The molecule has 0 amide bonds. The van der Waals surface area contributed by atoms with E-state index in [9.17, 15) is 8.78 Å². The Morgan fingerprint density at radius 1 is 1.05 bits per heavy atom. The van der Waals surface area contributed by atoms with E-state index in [2.05, 4.69) is 0 Å². The molecule has 100 valence electrons. The summed E-state index contributed by atoms with van der Waals surface area (Å²) in [6.07, 6.45) is 0. The van der Waals surface area contributed by atoms with Crippen LogP contribution in [0.3, 0.4) is 0 Å². The average Bonchev–Trinajstić information content (AvgIpc) is 2.41. The smallest absolute Gasteiger partial charge is 0.142 e. The number of halogens is 3. The summed E-state index contributed by atoms with van der Waals surface area (Å²) >= 11 is 5.63. The van der Waals surface area contributed by atoms with Crippen LogP contribution in [0, 0.1) is 11.6 Å². The van der Waals surface area contributed by atoms with Crippen LogP contribution in [0.5, 0.6) is 5.75 Å². The van der Waals surface area contributed by atoms with E-state index < -0.39 is 5.82 Å². The van der Waals surface area contributed by atoms with Crippen LogP contribution < -0.4 is 10.5 Å². The van der Waals surface area contributed by atoms with Gasteiger partial charge in [-0.25, -0.2) is 8.78 Å². The third kappa shape index (κ3) is 3.43. The van der Waals surface area contributed by atoms with E-state index in [0.717, 1.165) is 5.56 Å². The largest absolute Gasteiger partial charge is 0.489 e. The van der Waals surface area contributed by atoms with Crippen molar-refractivity contribution in [1.29, 1.82) is 0 Å². The summed E-state index contributed by atoms with van der Waals surface area (Å²) in [6, 6.07) is 8.59. The normalized spacial score (nSPS) is 10.5. The highest BCUT2D eigenvalue weighted by atomic mass is 35.5. The van der Waals surface area contributed by atoms with Crippen molar-refractivity contribution < 1.29 is 13.5 Å². The molecule has 0 aliphatic carbocycles. The Morgan fingerprint density at radius 2 is 1.79 bits per heavy atom. The molecule has 2 nitrogen and oxygen atoms in total. The van der Waals surface area contributed by atoms with Crippen molar-refractivity contribution in [1.82, 2.24) is 0 Å². The van der Waals surface area contributed by atoms with Crippen LogP contribution >= 0.6 is 11.6 Å². The van der Waals surface area contributed by atoms with E-state index in [4.69, 9.17) is 22.1 Å². The Bertz CT molecular complexity index is 590. The Morgan fingerprint density at radius 3 is 2.47 bits per heavy atom. The maximum absolute atomic E-state index is 13.5. The Balaban J connectivity index is 2.11. The molecule has 0 unspecified atom stereocenters. The maximum atomic E-state index is 13.5. The third-order valence-electron chi connectivity index (χ3n) is 2.63. The average molecular weight is 284 g/mol. The fraction of sp³-hybridized carbons (Fsp3) is 0.143. The van der Waals surface area contributed by atoms with Gasteiger partial charge in [0, 0.05) is 18.2 Å². The van der Waals surface area contributed by atoms with Crippen LogP contribution in [0.1, 0.15) is 11.1 Å². The Hall–Kier alpha value is -1.65. The van der Waals surface area contributed by atoms with Crippen LogP contribution in [0.4, 0.5) is 8.78 Å². The minimum Gasteiger partial charge on any atom is -0.489 e. The molecule has 0 saturated carbocycles. The van der Waals surface area contributed by atoms with Gasteiger partial charge in [0.25, 0.3) is 0 Å². The molecule has 19 heavy (non-hydrogen) atoms. The van der Waals surface area contributed by atoms with Gasteiger partial charge in [-0.2, -0.15) is 0 Å². The molecule has 0 saturated heterocycles. The van der Waals surface area contributed by atoms with Gasteiger partial charge >= 0.3 is 0 Å². The molecule has 0 bridgehead atoms. The van der Waals surface area contributed by atoms with Crippen LogP contribution in [-0.2, 0) is 13.2 Å². The summed E-state index contributed by atoms with van der Waals surface area (Å²) in [5.74, 6) is -0.514. The van der Waals surface area contributed by atoms with E-state index in [1.165, 1.54) is 24.3 Å². The van der Waals surface area contributed by atoms with Gasteiger partial charge in [0.05, 0.1) is 5.02 Å². The van der Waals surface area contributed by atoms with Crippen molar-refractivity contribution in [2.75, 3.05) is 0 Å². The van der Waals surface area contributed by atoms with Gasteiger partial charge in [0.2, 0.25) is 0 Å². The highest BCUT2D eigenvalue weighted by molar-refractivity contribution is 6.30. The lowest BCUT2D eigenvalue weighted by Crippen LogP contribution is -2.02. The fourth-order valence-electron chi connectivity index (χ4n) is 1.59. The number of nitrogens with two attached hydrogens (primary N) is 1. The highest BCUT2D eigenvalue weighted by Gasteiger charge is 2.06. The molecule has 2 aromatic rings. The summed E-state index contributed by atoms with van der Waals surface area (Å²) < 4.78 is 31.9. The second-order valence-electron chi connectivity index (χ2n) is 3.99. The molecule has 0 fully saturated rings. The molecule has 0 spiro atoms. The summed E-state index contributed by atoms with van der Waals surface area (Å²) in [5, 5.41) is -0.0336. The molecule has 0 radical (unpaired) electrons. The molecule has 0 atom stereocenters. The zero-order valence-electron chi connectivity index (χ0n) is 10.00. The predicted octanol–water partition coefficient (Wildman–Crippen LogP) is 3.66. The van der Waals surface area contributed by atoms with Crippen molar-refractivity contribution in [2.24, 2.45) is 5.73 Å². The van der Waals surface area contributed by atoms with E-state index in [-0.39, 0.29) is 17.4 Å². The molecule has 0 aliphatic heterocycles. The van der Waals surface area contributed by atoms with Gasteiger partial charge in [-0.05, 0) is 29.8 Å². The van der Waals surface area contributed by atoms with Crippen LogP contribution in [0.2, 0.25) is 5.02 Å². The molecular weight excluding hydrogens is 272 g/mol. The fourth-order valence-corrected chi connectivity index (χ4v) is 1.76. The van der Waals surface area contributed by atoms with Crippen LogP contribution in [0.15, 0.2) is 36.4 Å². The van der Waals surface area contributed by atoms with Gasteiger partial charge < -0.3 is 10.5 Å². The zero-order chi connectivity index (χ0) is 13.8. The second kappa shape index (κ2) is 5.99. The van der Waals surface area contributed by atoms with Crippen molar-refractivity contribution in [3.8, 4) is 5.75 Å².